The Kier molecular flexibility index (Phi) is 5.99. The van der Waals surface area contributed by atoms with Crippen LogP contribution in [0.5, 0.6) is 0 Å². The molecule has 1 aliphatic carbocycles. The first-order chi connectivity index (χ1) is 9.21. The van der Waals surface area contributed by atoms with Crippen molar-refractivity contribution in [2.24, 2.45) is 17.3 Å². The van der Waals surface area contributed by atoms with Crippen molar-refractivity contribution in [3.05, 3.63) is 0 Å². The summed E-state index contributed by atoms with van der Waals surface area (Å²) in [6.07, 6.45) is 2.59. The van der Waals surface area contributed by atoms with Crippen molar-refractivity contribution < 1.29 is 19.8 Å². The molecule has 1 rings (SSSR count). The Morgan fingerprint density at radius 3 is 2.20 bits per heavy atom. The fourth-order valence-corrected chi connectivity index (χ4v) is 2.82. The van der Waals surface area contributed by atoms with E-state index in [1.807, 2.05) is 0 Å². The van der Waals surface area contributed by atoms with E-state index in [-0.39, 0.29) is 24.8 Å². The second kappa shape index (κ2) is 7.07. The molecule has 0 heterocycles. The minimum Gasteiger partial charge on any atom is -0.479 e. The Morgan fingerprint density at radius 1 is 1.20 bits per heavy atom. The van der Waals surface area contributed by atoms with Crippen LogP contribution in [0.1, 0.15) is 52.9 Å². The van der Waals surface area contributed by atoms with Crippen molar-refractivity contribution >= 4 is 11.9 Å². The maximum atomic E-state index is 12.0. The number of rotatable bonds is 5. The Bertz CT molecular complexity index is 340. The highest BCUT2D eigenvalue weighted by Gasteiger charge is 2.32. The topological polar surface area (TPSA) is 86.6 Å². The molecule has 0 aromatic carbocycles. The third-order valence-electron chi connectivity index (χ3n) is 4.32. The molecular weight excluding hydrogens is 258 g/mol. The summed E-state index contributed by atoms with van der Waals surface area (Å²) >= 11 is 0. The average Bonchev–Trinajstić information content (AvgIpc) is 2.37. The maximum Gasteiger partial charge on any atom is 0.332 e. The molecule has 3 N–H and O–H groups in total. The number of carbonyl (C=O) groups excluding carboxylic acids is 1. The molecule has 1 fully saturated rings. The zero-order valence-corrected chi connectivity index (χ0v) is 12.7. The summed E-state index contributed by atoms with van der Waals surface area (Å²) in [5.41, 5.74) is 0.299. The third-order valence-corrected chi connectivity index (χ3v) is 4.32. The van der Waals surface area contributed by atoms with Gasteiger partial charge in [-0.05, 0) is 37.0 Å². The van der Waals surface area contributed by atoms with Gasteiger partial charge in [0, 0.05) is 18.9 Å². The highest BCUT2D eigenvalue weighted by molar-refractivity contribution is 5.78. The average molecular weight is 285 g/mol. The van der Waals surface area contributed by atoms with E-state index in [0.29, 0.717) is 11.3 Å². The number of aliphatic hydroxyl groups is 1. The minimum absolute atomic E-state index is 0.00468. The van der Waals surface area contributed by atoms with Crippen LogP contribution < -0.4 is 5.32 Å². The number of aliphatic carboxylic acids is 1. The minimum atomic E-state index is -1.40. The quantitative estimate of drug-likeness (QED) is 0.718. The Morgan fingerprint density at radius 2 is 1.75 bits per heavy atom. The molecule has 1 atom stereocenters. The van der Waals surface area contributed by atoms with Crippen molar-refractivity contribution in [2.45, 2.75) is 59.0 Å². The molecule has 0 aromatic heterocycles. The van der Waals surface area contributed by atoms with E-state index in [2.05, 4.69) is 26.1 Å². The number of hydrogen-bond acceptors (Lipinski definition) is 3. The van der Waals surface area contributed by atoms with Crippen LogP contribution in [0.4, 0.5) is 0 Å². The maximum absolute atomic E-state index is 12.0. The van der Waals surface area contributed by atoms with Crippen LogP contribution in [0, 0.1) is 17.3 Å². The largest absolute Gasteiger partial charge is 0.479 e. The van der Waals surface area contributed by atoms with Gasteiger partial charge in [-0.15, -0.1) is 0 Å². The van der Waals surface area contributed by atoms with Gasteiger partial charge in [0.25, 0.3) is 0 Å². The van der Waals surface area contributed by atoms with Crippen molar-refractivity contribution in [3.8, 4) is 0 Å². The van der Waals surface area contributed by atoms with Crippen LogP contribution in [-0.4, -0.2) is 34.7 Å². The Balaban J connectivity index is 2.28. The van der Waals surface area contributed by atoms with Crippen molar-refractivity contribution in [2.75, 3.05) is 6.54 Å². The van der Waals surface area contributed by atoms with Gasteiger partial charge < -0.3 is 15.5 Å². The number of aliphatic hydroxyl groups excluding tert-OH is 1. The first-order valence-corrected chi connectivity index (χ1v) is 7.40. The van der Waals surface area contributed by atoms with Gasteiger partial charge in [0.2, 0.25) is 5.91 Å². The van der Waals surface area contributed by atoms with E-state index in [1.54, 1.807) is 0 Å². The molecule has 5 heteroatoms. The molecule has 5 nitrogen and oxygen atoms in total. The van der Waals surface area contributed by atoms with E-state index in [0.717, 1.165) is 25.7 Å². The lowest BCUT2D eigenvalue weighted by Gasteiger charge is -2.36. The van der Waals surface area contributed by atoms with Gasteiger partial charge in [0.05, 0.1) is 0 Å². The second-order valence-electron chi connectivity index (χ2n) is 6.85. The first kappa shape index (κ1) is 17.0. The van der Waals surface area contributed by atoms with Gasteiger partial charge >= 0.3 is 5.97 Å². The van der Waals surface area contributed by atoms with Crippen LogP contribution in [0.3, 0.4) is 0 Å². The fourth-order valence-electron chi connectivity index (χ4n) is 2.82. The zero-order valence-electron chi connectivity index (χ0n) is 12.7. The van der Waals surface area contributed by atoms with Gasteiger partial charge in [-0.3, -0.25) is 4.79 Å². The van der Waals surface area contributed by atoms with Crippen molar-refractivity contribution in [3.63, 3.8) is 0 Å². The van der Waals surface area contributed by atoms with E-state index < -0.39 is 12.1 Å². The van der Waals surface area contributed by atoms with Crippen LogP contribution in [0.2, 0.25) is 0 Å². The molecule has 20 heavy (non-hydrogen) atoms. The van der Waals surface area contributed by atoms with Gasteiger partial charge in [0.1, 0.15) is 0 Å². The highest BCUT2D eigenvalue weighted by Crippen LogP contribution is 2.39. The van der Waals surface area contributed by atoms with Crippen LogP contribution in [0.15, 0.2) is 0 Å². The normalized spacial score (nSPS) is 25.0. The smallest absolute Gasteiger partial charge is 0.332 e. The van der Waals surface area contributed by atoms with Crippen LogP contribution >= 0.6 is 0 Å². The molecule has 0 spiro atoms. The molecule has 116 valence electrons. The number of amides is 1. The Labute approximate surface area is 120 Å². The van der Waals surface area contributed by atoms with E-state index in [1.165, 1.54) is 0 Å². The standard InChI is InChI=1S/C15H27NO4/c1-15(2,3)11-6-4-10(5-7-11)13(18)16-9-8-12(17)14(19)20/h10-12,17H,4-9H2,1-3H3,(H,16,18)(H,19,20). The summed E-state index contributed by atoms with van der Waals surface area (Å²) in [6.45, 7) is 6.94. The Hall–Kier alpha value is -1.10. The molecule has 1 amide bonds. The molecule has 0 saturated heterocycles. The number of carboxylic acids is 1. The lowest BCUT2D eigenvalue weighted by Crippen LogP contribution is -2.37. The summed E-state index contributed by atoms with van der Waals surface area (Å²) in [5, 5.41) is 20.4. The number of carboxylic acid groups (broad SMARTS) is 1. The van der Waals surface area contributed by atoms with Crippen molar-refractivity contribution in [1.29, 1.82) is 0 Å². The predicted octanol–water partition coefficient (Wildman–Crippen LogP) is 1.79. The van der Waals surface area contributed by atoms with Gasteiger partial charge in [-0.25, -0.2) is 4.79 Å². The van der Waals surface area contributed by atoms with Gasteiger partial charge in [-0.1, -0.05) is 20.8 Å². The molecule has 0 aliphatic heterocycles. The zero-order chi connectivity index (χ0) is 15.3. The fraction of sp³-hybridized carbons (Fsp3) is 0.867. The molecule has 0 bridgehead atoms. The summed E-state index contributed by atoms with van der Waals surface area (Å²) in [6, 6.07) is 0. The molecular formula is C15H27NO4. The van der Waals surface area contributed by atoms with E-state index >= 15 is 0 Å². The number of carbonyl (C=O) groups is 2. The summed E-state index contributed by atoms with van der Waals surface area (Å²) < 4.78 is 0. The summed E-state index contributed by atoms with van der Waals surface area (Å²) in [5.74, 6) is -0.546. The lowest BCUT2D eigenvalue weighted by atomic mass is 9.69. The number of hydrogen-bond donors (Lipinski definition) is 3. The second-order valence-corrected chi connectivity index (χ2v) is 6.85. The van der Waals surface area contributed by atoms with Crippen LogP contribution in [0.25, 0.3) is 0 Å². The van der Waals surface area contributed by atoms with E-state index in [9.17, 15) is 9.59 Å². The molecule has 0 radical (unpaired) electrons. The first-order valence-electron chi connectivity index (χ1n) is 7.40. The van der Waals surface area contributed by atoms with Gasteiger partial charge in [0.15, 0.2) is 6.10 Å². The molecule has 1 unspecified atom stereocenters. The van der Waals surface area contributed by atoms with E-state index in [4.69, 9.17) is 10.2 Å². The molecule has 1 aliphatic rings. The summed E-state index contributed by atoms with van der Waals surface area (Å²) in [7, 11) is 0. The molecule has 1 saturated carbocycles. The highest BCUT2D eigenvalue weighted by atomic mass is 16.4. The predicted molar refractivity (Wildman–Crippen MR) is 76.2 cm³/mol. The lowest BCUT2D eigenvalue weighted by molar-refractivity contribution is -0.147. The summed E-state index contributed by atoms with van der Waals surface area (Å²) in [4.78, 5) is 22.4. The van der Waals surface area contributed by atoms with Crippen LogP contribution in [-0.2, 0) is 9.59 Å². The third kappa shape index (κ3) is 5.12. The van der Waals surface area contributed by atoms with Gasteiger partial charge in [-0.2, -0.15) is 0 Å². The molecule has 0 aromatic rings. The SMILES string of the molecule is CC(C)(C)C1CCC(C(=O)NCCC(O)C(=O)O)CC1. The number of nitrogens with one attached hydrogen (secondary N) is 1. The monoisotopic (exact) mass is 285 g/mol. The van der Waals surface area contributed by atoms with Crippen molar-refractivity contribution in [1.82, 2.24) is 5.32 Å².